The number of hydrogen-bond acceptors (Lipinski definition) is 3. The zero-order valence-electron chi connectivity index (χ0n) is 27.9. The standard InChI is InChI=1S/C35H68NO3Si.BrH/c1-6-10-11-12-13-14-15-16-17-18-19-20-21-22-23-27-31-36(5,34-35-29-25-24-26-30-35)32-28-33-40(37-7-2,38-8-3)39-9-4;/h24-26,29-30H,6-23,27-28,31-34H2,1-5H3;1H/q+1;/p-1. The van der Waals surface area contributed by atoms with Gasteiger partial charge in [-0.2, -0.15) is 0 Å². The molecule has 0 aliphatic heterocycles. The third-order valence-corrected chi connectivity index (χ3v) is 11.4. The molecular formula is C35H68BrNO3Si. The van der Waals surface area contributed by atoms with E-state index in [1.165, 1.54) is 115 Å². The van der Waals surface area contributed by atoms with Crippen LogP contribution in [0.1, 0.15) is 142 Å². The molecule has 0 aliphatic rings. The minimum Gasteiger partial charge on any atom is -1.00 e. The van der Waals surface area contributed by atoms with E-state index in [-0.39, 0.29) is 17.0 Å². The monoisotopic (exact) mass is 657 g/mol. The summed E-state index contributed by atoms with van der Waals surface area (Å²) in [6, 6.07) is 11.9. The lowest BCUT2D eigenvalue weighted by atomic mass is 10.0. The SMILES string of the molecule is CCCCCCCCCCCCCCCCCC[N+](C)(CCC[Si](OCC)(OCC)OCC)Cc1ccccc1.[Br-]. The first kappa shape index (κ1) is 40.8. The molecule has 1 aromatic rings. The third kappa shape index (κ3) is 21.2. The van der Waals surface area contributed by atoms with Crippen LogP contribution < -0.4 is 17.0 Å². The molecule has 242 valence electrons. The first-order valence-corrected chi connectivity index (χ1v) is 19.3. The van der Waals surface area contributed by atoms with Crippen LogP contribution >= 0.6 is 0 Å². The molecule has 0 spiro atoms. The molecule has 1 unspecified atom stereocenters. The van der Waals surface area contributed by atoms with Crippen LogP contribution in [-0.2, 0) is 19.8 Å². The van der Waals surface area contributed by atoms with Gasteiger partial charge in [0.25, 0.3) is 0 Å². The normalized spacial score (nSPS) is 13.2. The Morgan fingerprint density at radius 3 is 1.34 bits per heavy atom. The quantitative estimate of drug-likeness (QED) is 0.0513. The lowest BCUT2D eigenvalue weighted by Crippen LogP contribution is -3.00. The van der Waals surface area contributed by atoms with E-state index in [1.807, 2.05) is 20.8 Å². The Bertz CT molecular complexity index is 664. The van der Waals surface area contributed by atoms with E-state index in [4.69, 9.17) is 13.3 Å². The molecule has 0 saturated carbocycles. The van der Waals surface area contributed by atoms with E-state index < -0.39 is 8.80 Å². The minimum absolute atomic E-state index is 0. The molecule has 0 bridgehead atoms. The fourth-order valence-electron chi connectivity index (χ4n) is 6.01. The number of quaternary nitrogens is 1. The van der Waals surface area contributed by atoms with Gasteiger partial charge in [-0.05, 0) is 33.6 Å². The summed E-state index contributed by atoms with van der Waals surface area (Å²) < 4.78 is 19.5. The molecule has 1 aromatic carbocycles. The summed E-state index contributed by atoms with van der Waals surface area (Å²) in [7, 11) is -0.126. The molecule has 0 aliphatic carbocycles. The molecule has 0 fully saturated rings. The van der Waals surface area contributed by atoms with Crippen molar-refractivity contribution in [3.05, 3.63) is 35.9 Å². The third-order valence-electron chi connectivity index (χ3n) is 8.23. The Kier molecular flexibility index (Phi) is 27.2. The van der Waals surface area contributed by atoms with Crippen LogP contribution in [0.2, 0.25) is 6.04 Å². The van der Waals surface area contributed by atoms with Crippen LogP contribution in [0.4, 0.5) is 0 Å². The molecule has 6 heteroatoms. The Hall–Kier alpha value is -0.243. The number of unbranched alkanes of at least 4 members (excludes halogenated alkanes) is 15. The minimum atomic E-state index is -2.57. The van der Waals surface area contributed by atoms with Crippen LogP contribution in [0.15, 0.2) is 30.3 Å². The van der Waals surface area contributed by atoms with Crippen molar-refractivity contribution in [1.29, 1.82) is 0 Å². The molecule has 1 rings (SSSR count). The van der Waals surface area contributed by atoms with Crippen LogP contribution in [0.5, 0.6) is 0 Å². The van der Waals surface area contributed by atoms with Gasteiger partial charge in [-0.15, -0.1) is 0 Å². The van der Waals surface area contributed by atoms with Crippen LogP contribution in [0, 0.1) is 0 Å². The smallest absolute Gasteiger partial charge is 0.501 e. The lowest BCUT2D eigenvalue weighted by molar-refractivity contribution is -0.922. The number of nitrogens with zero attached hydrogens (tertiary/aromatic N) is 1. The fourth-order valence-corrected chi connectivity index (χ4v) is 8.61. The van der Waals surface area contributed by atoms with E-state index in [1.54, 1.807) is 0 Å². The Balaban J connectivity index is 0.0000160. The van der Waals surface area contributed by atoms with Gasteiger partial charge in [0.2, 0.25) is 0 Å². The first-order chi connectivity index (χ1) is 19.5. The van der Waals surface area contributed by atoms with Crippen molar-refractivity contribution >= 4 is 8.80 Å². The van der Waals surface area contributed by atoms with Crippen molar-refractivity contribution in [2.24, 2.45) is 0 Å². The Morgan fingerprint density at radius 2 is 0.927 bits per heavy atom. The summed E-state index contributed by atoms with van der Waals surface area (Å²) in [5.74, 6) is 0. The van der Waals surface area contributed by atoms with E-state index in [9.17, 15) is 0 Å². The maximum Gasteiger partial charge on any atom is 0.501 e. The molecule has 0 aromatic heterocycles. The first-order valence-electron chi connectivity index (χ1n) is 17.3. The van der Waals surface area contributed by atoms with Gasteiger partial charge in [0.1, 0.15) is 6.54 Å². The van der Waals surface area contributed by atoms with Crippen molar-refractivity contribution in [3.63, 3.8) is 0 Å². The largest absolute Gasteiger partial charge is 1.00 e. The predicted octanol–water partition coefficient (Wildman–Crippen LogP) is 7.34. The molecule has 0 amide bonds. The zero-order chi connectivity index (χ0) is 29.2. The Morgan fingerprint density at radius 1 is 0.537 bits per heavy atom. The van der Waals surface area contributed by atoms with E-state index in [0.29, 0.717) is 19.8 Å². The molecule has 4 nitrogen and oxygen atoms in total. The second-order valence-corrected chi connectivity index (χ2v) is 14.8. The van der Waals surface area contributed by atoms with Gasteiger partial charge in [0.05, 0.1) is 20.1 Å². The predicted molar refractivity (Wildman–Crippen MR) is 176 cm³/mol. The molecule has 0 heterocycles. The summed E-state index contributed by atoms with van der Waals surface area (Å²) in [6.45, 7) is 13.9. The number of halogens is 1. The average molecular weight is 659 g/mol. The van der Waals surface area contributed by atoms with Gasteiger partial charge < -0.3 is 34.7 Å². The fraction of sp³-hybridized carbons (Fsp3) is 0.829. The molecule has 0 saturated heterocycles. The topological polar surface area (TPSA) is 27.7 Å². The van der Waals surface area contributed by atoms with Gasteiger partial charge in [-0.3, -0.25) is 0 Å². The van der Waals surface area contributed by atoms with Crippen LogP contribution in [-0.4, -0.2) is 53.2 Å². The van der Waals surface area contributed by atoms with Gasteiger partial charge >= 0.3 is 8.80 Å². The number of rotatable bonds is 29. The number of hydrogen-bond donors (Lipinski definition) is 0. The second-order valence-electron chi connectivity index (χ2n) is 12.1. The summed E-state index contributed by atoms with van der Waals surface area (Å²) in [5, 5.41) is 0. The maximum atomic E-state index is 6.12. The summed E-state index contributed by atoms with van der Waals surface area (Å²) in [5.41, 5.74) is 1.43. The summed E-state index contributed by atoms with van der Waals surface area (Å²) in [4.78, 5) is 0. The van der Waals surface area contributed by atoms with Crippen molar-refractivity contribution in [2.75, 3.05) is 40.0 Å². The summed E-state index contributed by atoms with van der Waals surface area (Å²) >= 11 is 0. The molecule has 41 heavy (non-hydrogen) atoms. The number of benzene rings is 1. The molecule has 0 N–H and O–H groups in total. The van der Waals surface area contributed by atoms with Crippen LogP contribution in [0.25, 0.3) is 0 Å². The molecule has 1 atom stereocenters. The highest BCUT2D eigenvalue weighted by molar-refractivity contribution is 6.60. The molecular weight excluding hydrogens is 590 g/mol. The van der Waals surface area contributed by atoms with Gasteiger partial charge in [0, 0.05) is 37.8 Å². The van der Waals surface area contributed by atoms with Gasteiger partial charge in [-0.25, -0.2) is 0 Å². The van der Waals surface area contributed by atoms with Gasteiger partial charge in [-0.1, -0.05) is 127 Å². The highest BCUT2D eigenvalue weighted by atomic mass is 79.9. The molecule has 0 radical (unpaired) electrons. The van der Waals surface area contributed by atoms with E-state index in [2.05, 4.69) is 44.3 Å². The maximum absolute atomic E-state index is 6.12. The Labute approximate surface area is 268 Å². The summed E-state index contributed by atoms with van der Waals surface area (Å²) in [6.07, 6.45) is 23.8. The second kappa shape index (κ2) is 27.3. The zero-order valence-corrected chi connectivity index (χ0v) is 30.5. The van der Waals surface area contributed by atoms with E-state index >= 15 is 0 Å². The van der Waals surface area contributed by atoms with Crippen molar-refractivity contribution in [3.8, 4) is 0 Å². The van der Waals surface area contributed by atoms with Crippen molar-refractivity contribution in [1.82, 2.24) is 0 Å². The van der Waals surface area contributed by atoms with Gasteiger partial charge in [0.15, 0.2) is 0 Å². The highest BCUT2D eigenvalue weighted by Crippen LogP contribution is 2.22. The van der Waals surface area contributed by atoms with Crippen molar-refractivity contribution in [2.45, 2.75) is 149 Å². The average Bonchev–Trinajstić information content (AvgIpc) is 2.94. The highest BCUT2D eigenvalue weighted by Gasteiger charge is 2.40. The van der Waals surface area contributed by atoms with Crippen molar-refractivity contribution < 1.29 is 34.7 Å². The lowest BCUT2D eigenvalue weighted by Gasteiger charge is -2.36. The van der Waals surface area contributed by atoms with Crippen LogP contribution in [0.3, 0.4) is 0 Å². The van der Waals surface area contributed by atoms with E-state index in [0.717, 1.165) is 30.0 Å².